The zero-order valence-electron chi connectivity index (χ0n) is 13.7. The highest BCUT2D eigenvalue weighted by Crippen LogP contribution is 2.28. The molecule has 0 fully saturated rings. The summed E-state index contributed by atoms with van der Waals surface area (Å²) in [6, 6.07) is 7.65. The van der Waals surface area contributed by atoms with E-state index in [1.54, 1.807) is 0 Å². The first kappa shape index (κ1) is 17.7. The summed E-state index contributed by atoms with van der Waals surface area (Å²) in [6.07, 6.45) is 2.30. The number of nitrogens with two attached hydrogens (primary N) is 1. The van der Waals surface area contributed by atoms with E-state index in [1.807, 2.05) is 12.1 Å². The monoisotopic (exact) mass is 339 g/mol. The fourth-order valence-corrected chi connectivity index (χ4v) is 3.47. The van der Waals surface area contributed by atoms with E-state index in [0.29, 0.717) is 6.54 Å². The molecule has 0 saturated carbocycles. The number of hydrogen-bond donors (Lipinski definition) is 2. The van der Waals surface area contributed by atoms with Gasteiger partial charge in [-0.1, -0.05) is 18.2 Å². The summed E-state index contributed by atoms with van der Waals surface area (Å²) in [5.41, 5.74) is 8.30. The predicted molar refractivity (Wildman–Crippen MR) is 92.3 cm³/mol. The molecule has 1 aliphatic rings. The number of nitrogens with one attached hydrogen (secondary N) is 1. The summed E-state index contributed by atoms with van der Waals surface area (Å²) in [5, 5.41) is 2.83. The average molecular weight is 339 g/mol. The molecule has 0 aromatic heterocycles. The van der Waals surface area contributed by atoms with Crippen molar-refractivity contribution in [3.63, 3.8) is 0 Å². The molecular formula is C16H25N3O3S. The molecule has 0 saturated heterocycles. The Morgan fingerprint density at radius 1 is 1.39 bits per heavy atom. The van der Waals surface area contributed by atoms with Gasteiger partial charge in [0.15, 0.2) is 0 Å². The number of sulfone groups is 1. The lowest BCUT2D eigenvalue weighted by Crippen LogP contribution is -2.47. The lowest BCUT2D eigenvalue weighted by molar-refractivity contribution is -0.122. The molecule has 2 atom stereocenters. The largest absolute Gasteiger partial charge is 0.366 e. The molecule has 1 amide bonds. The second-order valence-electron chi connectivity index (χ2n) is 6.19. The highest BCUT2D eigenvalue weighted by atomic mass is 32.2. The Balaban J connectivity index is 1.83. The Hall–Kier alpha value is -1.60. The zero-order chi connectivity index (χ0) is 17.0. The second kappa shape index (κ2) is 7.31. The topological polar surface area (TPSA) is 92.5 Å². The van der Waals surface area contributed by atoms with Crippen molar-refractivity contribution >= 4 is 21.4 Å². The van der Waals surface area contributed by atoms with Crippen LogP contribution >= 0.6 is 0 Å². The smallest absolute Gasteiger partial charge is 0.237 e. The van der Waals surface area contributed by atoms with Crippen LogP contribution in [0.25, 0.3) is 0 Å². The van der Waals surface area contributed by atoms with Crippen LogP contribution in [0.2, 0.25) is 0 Å². The van der Waals surface area contributed by atoms with Gasteiger partial charge in [-0.05, 0) is 31.4 Å². The molecule has 2 unspecified atom stereocenters. The van der Waals surface area contributed by atoms with Gasteiger partial charge in [0.2, 0.25) is 5.91 Å². The van der Waals surface area contributed by atoms with Crippen LogP contribution in [0.5, 0.6) is 0 Å². The number of carbonyl (C=O) groups is 1. The number of nitrogens with zero attached hydrogens (tertiary/aromatic N) is 1. The van der Waals surface area contributed by atoms with Gasteiger partial charge in [0, 0.05) is 31.1 Å². The molecule has 1 heterocycles. The van der Waals surface area contributed by atoms with Crippen molar-refractivity contribution in [3.8, 4) is 0 Å². The first-order chi connectivity index (χ1) is 10.8. The number of rotatable bonds is 7. The molecule has 1 aromatic rings. The van der Waals surface area contributed by atoms with E-state index in [0.717, 1.165) is 19.2 Å². The van der Waals surface area contributed by atoms with Crippen molar-refractivity contribution in [2.75, 3.05) is 30.0 Å². The molecule has 6 nitrogen and oxygen atoms in total. The van der Waals surface area contributed by atoms with E-state index >= 15 is 0 Å². The van der Waals surface area contributed by atoms with Gasteiger partial charge in [-0.2, -0.15) is 0 Å². The van der Waals surface area contributed by atoms with Gasteiger partial charge < -0.3 is 16.0 Å². The minimum Gasteiger partial charge on any atom is -0.366 e. The Morgan fingerprint density at radius 3 is 2.78 bits per heavy atom. The fraction of sp³-hybridized carbons (Fsp3) is 0.562. The Bertz CT molecular complexity index is 660. The summed E-state index contributed by atoms with van der Waals surface area (Å²) in [7, 11) is -3.10. The van der Waals surface area contributed by atoms with Crippen molar-refractivity contribution in [2.45, 2.75) is 31.8 Å². The third-order valence-corrected chi connectivity index (χ3v) is 5.14. The number of amides is 1. The minimum atomic E-state index is -3.10. The van der Waals surface area contributed by atoms with E-state index < -0.39 is 15.9 Å². The van der Waals surface area contributed by atoms with E-state index in [4.69, 9.17) is 5.73 Å². The Morgan fingerprint density at radius 2 is 2.09 bits per heavy atom. The van der Waals surface area contributed by atoms with Crippen LogP contribution in [0.4, 0.5) is 5.69 Å². The van der Waals surface area contributed by atoms with Gasteiger partial charge in [-0.25, -0.2) is 8.42 Å². The molecule has 0 spiro atoms. The van der Waals surface area contributed by atoms with Gasteiger partial charge in [0.05, 0.1) is 11.8 Å². The van der Waals surface area contributed by atoms with Gasteiger partial charge in [0.1, 0.15) is 9.84 Å². The summed E-state index contributed by atoms with van der Waals surface area (Å²) in [6.45, 7) is 3.49. The molecule has 0 bridgehead atoms. The minimum absolute atomic E-state index is 0.0728. The average Bonchev–Trinajstić information content (AvgIpc) is 2.93. The lowest BCUT2D eigenvalue weighted by atomic mass is 10.1. The van der Waals surface area contributed by atoms with Crippen molar-refractivity contribution in [2.24, 2.45) is 5.73 Å². The summed E-state index contributed by atoms with van der Waals surface area (Å²) in [4.78, 5) is 14.3. The van der Waals surface area contributed by atoms with Crippen LogP contribution in [0, 0.1) is 0 Å². The molecule has 23 heavy (non-hydrogen) atoms. The van der Waals surface area contributed by atoms with Gasteiger partial charge in [-0.3, -0.25) is 4.79 Å². The summed E-state index contributed by atoms with van der Waals surface area (Å²) in [5.74, 6) is -0.371. The maximum Gasteiger partial charge on any atom is 0.237 e. The van der Waals surface area contributed by atoms with Crippen LogP contribution in [0.1, 0.15) is 18.9 Å². The van der Waals surface area contributed by atoms with Crippen LogP contribution < -0.4 is 16.0 Å². The number of carbonyl (C=O) groups excluding carboxylic acids is 1. The van der Waals surface area contributed by atoms with Crippen LogP contribution in [0.15, 0.2) is 24.3 Å². The highest BCUT2D eigenvalue weighted by Gasteiger charge is 2.24. The van der Waals surface area contributed by atoms with E-state index in [9.17, 15) is 13.2 Å². The maximum atomic E-state index is 12.0. The molecule has 0 radical (unpaired) electrons. The number of hydrogen-bond acceptors (Lipinski definition) is 5. The van der Waals surface area contributed by atoms with Crippen LogP contribution in [-0.2, 0) is 21.1 Å². The van der Waals surface area contributed by atoms with E-state index in [-0.39, 0.29) is 24.1 Å². The molecule has 7 heteroatoms. The normalized spacial score (nSPS) is 16.7. The molecule has 0 aliphatic carbocycles. The Labute approximate surface area is 138 Å². The van der Waals surface area contributed by atoms with Crippen molar-refractivity contribution in [3.05, 3.63) is 29.8 Å². The number of anilines is 1. The third-order valence-electron chi connectivity index (χ3n) is 4.16. The van der Waals surface area contributed by atoms with Crippen LogP contribution in [0.3, 0.4) is 0 Å². The molecule has 2 rings (SSSR count). The summed E-state index contributed by atoms with van der Waals surface area (Å²) >= 11 is 0. The third kappa shape index (κ3) is 4.94. The lowest BCUT2D eigenvalue weighted by Gasteiger charge is -2.28. The van der Waals surface area contributed by atoms with Gasteiger partial charge in [0.25, 0.3) is 0 Å². The standard InChI is InChI=1S/C16H25N3O3S/c1-12(19-9-7-13-5-3-4-6-15(13)19)11-18-16(20)14(17)8-10-23(2,21)22/h3-6,12,14H,7-11,17H2,1-2H3,(H,18,20). The SMILES string of the molecule is CC(CNC(=O)C(N)CCS(C)(=O)=O)N1CCc2ccccc21. The number of fused-ring (bicyclic) bond motifs is 1. The van der Waals surface area contributed by atoms with Gasteiger partial charge >= 0.3 is 0 Å². The second-order valence-corrected chi connectivity index (χ2v) is 8.45. The van der Waals surface area contributed by atoms with Gasteiger partial charge in [-0.15, -0.1) is 0 Å². The molecule has 1 aromatic carbocycles. The van der Waals surface area contributed by atoms with Crippen molar-refractivity contribution < 1.29 is 13.2 Å². The zero-order valence-corrected chi connectivity index (χ0v) is 14.5. The predicted octanol–water partition coefficient (Wildman–Crippen LogP) is 0.316. The highest BCUT2D eigenvalue weighted by molar-refractivity contribution is 7.90. The first-order valence-corrected chi connectivity index (χ1v) is 9.89. The first-order valence-electron chi connectivity index (χ1n) is 7.83. The quantitative estimate of drug-likeness (QED) is 0.746. The maximum absolute atomic E-state index is 12.0. The van der Waals surface area contributed by atoms with Crippen molar-refractivity contribution in [1.82, 2.24) is 5.32 Å². The molecule has 1 aliphatic heterocycles. The fourth-order valence-electron chi connectivity index (χ4n) is 2.78. The number of para-hydroxylation sites is 1. The van der Waals surface area contributed by atoms with Crippen molar-refractivity contribution in [1.29, 1.82) is 0 Å². The van der Waals surface area contributed by atoms with E-state index in [1.165, 1.54) is 11.3 Å². The number of benzene rings is 1. The Kier molecular flexibility index (Phi) is 5.64. The van der Waals surface area contributed by atoms with Crippen LogP contribution in [-0.4, -0.2) is 51.5 Å². The molecule has 3 N–H and O–H groups in total. The van der Waals surface area contributed by atoms with E-state index in [2.05, 4.69) is 29.3 Å². The molecule has 128 valence electrons. The molecular weight excluding hydrogens is 314 g/mol. The summed E-state index contributed by atoms with van der Waals surface area (Å²) < 4.78 is 22.2.